The molecule has 62 heavy (non-hydrogen) atoms. The Kier molecular flexibility index (Phi) is 7.57. The summed E-state index contributed by atoms with van der Waals surface area (Å²) in [5, 5.41) is 9.35. The molecule has 3 heterocycles. The summed E-state index contributed by atoms with van der Waals surface area (Å²) in [7, 11) is 0. The summed E-state index contributed by atoms with van der Waals surface area (Å²) in [6.45, 7) is 0. The molecule has 0 radical (unpaired) electrons. The summed E-state index contributed by atoms with van der Waals surface area (Å²) >= 11 is 0. The van der Waals surface area contributed by atoms with Gasteiger partial charge in [-0.25, -0.2) is 0 Å². The molecule has 0 fully saturated rings. The zero-order valence-corrected chi connectivity index (χ0v) is 33.5. The van der Waals surface area contributed by atoms with Crippen molar-refractivity contribution in [1.29, 1.82) is 0 Å². The van der Waals surface area contributed by atoms with Gasteiger partial charge in [0.1, 0.15) is 16.7 Å². The minimum absolute atomic E-state index is 0.832. The Morgan fingerprint density at radius 2 is 1.02 bits per heavy atom. The molecule has 4 heteroatoms. The van der Waals surface area contributed by atoms with Gasteiger partial charge in [0.2, 0.25) is 0 Å². The zero-order valence-electron chi connectivity index (χ0n) is 33.5. The summed E-state index contributed by atoms with van der Waals surface area (Å²) in [4.78, 5) is 2.29. The average Bonchev–Trinajstić information content (AvgIpc) is 4.02. The maximum Gasteiger partial charge on any atom is 0.159 e. The topological polar surface area (TPSA) is 34.5 Å². The van der Waals surface area contributed by atoms with Gasteiger partial charge >= 0.3 is 0 Å². The Bertz CT molecular complexity index is 3870. The fourth-order valence-corrected chi connectivity index (χ4v) is 9.85. The van der Waals surface area contributed by atoms with Gasteiger partial charge < -0.3 is 18.3 Å². The van der Waals surface area contributed by atoms with Crippen molar-refractivity contribution in [3.8, 4) is 27.9 Å². The second kappa shape index (κ2) is 13.6. The zero-order chi connectivity index (χ0) is 40.7. The van der Waals surface area contributed by atoms with Crippen LogP contribution in [-0.2, 0) is 0 Å². The van der Waals surface area contributed by atoms with E-state index in [0.717, 1.165) is 83.3 Å². The third kappa shape index (κ3) is 5.20. The monoisotopic (exact) mass is 792 g/mol. The number of hydrogen-bond donors (Lipinski definition) is 0. The summed E-state index contributed by atoms with van der Waals surface area (Å²) in [5.74, 6) is 0. The third-order valence-corrected chi connectivity index (χ3v) is 12.6. The standard InChI is InChI=1S/C58H36N2O2/c1-2-14-37(15-3-1)42-21-12-24-50(60-49-23-9-6-20-48(49)57-43-17-5-4-16-38(43)30-35-51(57)60)56(42)39-28-31-40(32-29-39)59(41-33-34-46-44-18-7-10-26-53(44)61-55(46)36-41)52-25-13-22-47-45-19-8-11-27-54(45)62-58(47)52/h1-36H. The van der Waals surface area contributed by atoms with Crippen LogP contribution < -0.4 is 4.90 Å². The highest BCUT2D eigenvalue weighted by Crippen LogP contribution is 2.46. The SMILES string of the molecule is c1ccc(-c2cccc(-n3c4ccccc4c4c5ccccc5ccc43)c2-c2ccc(N(c3ccc4c(c3)oc3ccccc34)c3cccc4c3oc3ccccc34)cc2)cc1. The number of fused-ring (bicyclic) bond motifs is 11. The lowest BCUT2D eigenvalue weighted by Gasteiger charge is -2.26. The quantitative estimate of drug-likeness (QED) is 0.168. The molecular weight excluding hydrogens is 757 g/mol. The van der Waals surface area contributed by atoms with Crippen molar-refractivity contribution in [3.63, 3.8) is 0 Å². The maximum atomic E-state index is 6.69. The molecule has 0 aliphatic heterocycles. The normalized spacial score (nSPS) is 11.9. The van der Waals surface area contributed by atoms with Gasteiger partial charge in [0.15, 0.2) is 5.58 Å². The van der Waals surface area contributed by atoms with E-state index in [4.69, 9.17) is 8.83 Å². The molecule has 13 aromatic rings. The summed E-state index contributed by atoms with van der Waals surface area (Å²) in [6.07, 6.45) is 0. The smallest absolute Gasteiger partial charge is 0.159 e. The molecule has 0 bridgehead atoms. The highest BCUT2D eigenvalue weighted by atomic mass is 16.3. The fraction of sp³-hybridized carbons (Fsp3) is 0. The highest BCUT2D eigenvalue weighted by molar-refractivity contribution is 6.21. The van der Waals surface area contributed by atoms with Gasteiger partial charge in [0.05, 0.1) is 28.1 Å². The number of furan rings is 2. The minimum Gasteiger partial charge on any atom is -0.456 e. The van der Waals surface area contributed by atoms with E-state index in [-0.39, 0.29) is 0 Å². The molecule has 0 unspecified atom stereocenters. The molecule has 10 aromatic carbocycles. The van der Waals surface area contributed by atoms with E-state index in [0.29, 0.717) is 0 Å². The Balaban J connectivity index is 1.04. The van der Waals surface area contributed by atoms with Crippen LogP contribution in [0, 0.1) is 0 Å². The van der Waals surface area contributed by atoms with Crippen LogP contribution in [0.25, 0.3) is 104 Å². The van der Waals surface area contributed by atoms with Crippen molar-refractivity contribution >= 4 is 93.5 Å². The van der Waals surface area contributed by atoms with Gasteiger partial charge in [-0.05, 0) is 88.1 Å². The Hall–Kier alpha value is -8.34. The molecule has 0 atom stereocenters. The van der Waals surface area contributed by atoms with E-state index in [1.807, 2.05) is 24.3 Å². The van der Waals surface area contributed by atoms with Gasteiger partial charge in [-0.3, -0.25) is 0 Å². The molecule has 0 spiro atoms. The minimum atomic E-state index is 0.832. The van der Waals surface area contributed by atoms with Gasteiger partial charge in [0, 0.05) is 49.6 Å². The average molecular weight is 793 g/mol. The number of para-hydroxylation sites is 4. The van der Waals surface area contributed by atoms with Crippen LogP contribution in [0.3, 0.4) is 0 Å². The van der Waals surface area contributed by atoms with E-state index in [1.165, 1.54) is 38.1 Å². The van der Waals surface area contributed by atoms with Crippen LogP contribution in [0.5, 0.6) is 0 Å². The van der Waals surface area contributed by atoms with Crippen LogP contribution in [0.1, 0.15) is 0 Å². The van der Waals surface area contributed by atoms with Gasteiger partial charge in [-0.2, -0.15) is 0 Å². The molecule has 4 nitrogen and oxygen atoms in total. The maximum absolute atomic E-state index is 6.69. The first-order valence-corrected chi connectivity index (χ1v) is 21.1. The fourth-order valence-electron chi connectivity index (χ4n) is 9.85. The number of nitrogens with zero attached hydrogens (tertiary/aromatic N) is 2. The molecule has 0 amide bonds. The van der Waals surface area contributed by atoms with Crippen molar-refractivity contribution in [2.75, 3.05) is 4.90 Å². The summed E-state index contributed by atoms with van der Waals surface area (Å²) < 4.78 is 15.6. The first-order valence-electron chi connectivity index (χ1n) is 21.1. The molecule has 0 saturated heterocycles. The second-order valence-corrected chi connectivity index (χ2v) is 16.0. The number of anilines is 3. The Morgan fingerprint density at radius 1 is 0.371 bits per heavy atom. The molecule has 0 N–H and O–H groups in total. The first-order chi connectivity index (χ1) is 30.8. The van der Waals surface area contributed by atoms with Gasteiger partial charge in [-0.15, -0.1) is 0 Å². The molecule has 0 aliphatic carbocycles. The van der Waals surface area contributed by atoms with Crippen molar-refractivity contribution in [2.45, 2.75) is 0 Å². The number of benzene rings is 10. The van der Waals surface area contributed by atoms with Gasteiger partial charge in [0.25, 0.3) is 0 Å². The predicted octanol–water partition coefficient (Wildman–Crippen LogP) is 16.5. The van der Waals surface area contributed by atoms with Crippen LogP contribution in [0.4, 0.5) is 17.1 Å². The van der Waals surface area contributed by atoms with E-state index in [9.17, 15) is 0 Å². The number of aromatic nitrogens is 1. The van der Waals surface area contributed by atoms with Crippen LogP contribution in [0.15, 0.2) is 227 Å². The summed E-state index contributed by atoms with van der Waals surface area (Å²) in [6, 6.07) is 78.0. The van der Waals surface area contributed by atoms with E-state index in [1.54, 1.807) is 0 Å². The lowest BCUT2D eigenvalue weighted by atomic mass is 9.92. The predicted molar refractivity (Wildman–Crippen MR) is 258 cm³/mol. The molecule has 3 aromatic heterocycles. The van der Waals surface area contributed by atoms with Crippen LogP contribution in [0.2, 0.25) is 0 Å². The van der Waals surface area contributed by atoms with E-state index in [2.05, 4.69) is 204 Å². The van der Waals surface area contributed by atoms with Crippen molar-refractivity contribution in [2.24, 2.45) is 0 Å². The van der Waals surface area contributed by atoms with Crippen molar-refractivity contribution in [3.05, 3.63) is 218 Å². The molecular formula is C58H36N2O2. The lowest BCUT2D eigenvalue weighted by molar-refractivity contribution is 0.667. The lowest BCUT2D eigenvalue weighted by Crippen LogP contribution is -2.10. The van der Waals surface area contributed by atoms with Crippen LogP contribution in [-0.4, -0.2) is 4.57 Å². The van der Waals surface area contributed by atoms with Gasteiger partial charge in [-0.1, -0.05) is 152 Å². The van der Waals surface area contributed by atoms with E-state index < -0.39 is 0 Å². The largest absolute Gasteiger partial charge is 0.456 e. The Morgan fingerprint density at radius 3 is 1.85 bits per heavy atom. The molecule has 0 aliphatic rings. The third-order valence-electron chi connectivity index (χ3n) is 12.6. The van der Waals surface area contributed by atoms with E-state index >= 15 is 0 Å². The Labute approximate surface area is 356 Å². The molecule has 290 valence electrons. The number of hydrogen-bond acceptors (Lipinski definition) is 3. The molecule has 0 saturated carbocycles. The number of rotatable bonds is 6. The molecule has 13 rings (SSSR count). The summed E-state index contributed by atoms with van der Waals surface area (Å²) in [5.41, 5.74) is 14.4. The highest BCUT2D eigenvalue weighted by Gasteiger charge is 2.23. The second-order valence-electron chi connectivity index (χ2n) is 16.0. The van der Waals surface area contributed by atoms with Crippen LogP contribution >= 0.6 is 0 Å². The van der Waals surface area contributed by atoms with Crippen molar-refractivity contribution < 1.29 is 8.83 Å². The first kappa shape index (κ1) is 34.5. The van der Waals surface area contributed by atoms with Crippen molar-refractivity contribution in [1.82, 2.24) is 4.57 Å².